The Morgan fingerprint density at radius 1 is 0.904 bits per heavy atom. The molecule has 3 atom stereocenters. The molecule has 52 heavy (non-hydrogen) atoms. The van der Waals surface area contributed by atoms with Gasteiger partial charge >= 0.3 is 18.1 Å². The van der Waals surface area contributed by atoms with Crippen LogP contribution in [0.15, 0.2) is 90.5 Å². The van der Waals surface area contributed by atoms with E-state index in [9.17, 15) is 32.3 Å². The number of hydrogen-bond acceptors (Lipinski definition) is 9. The van der Waals surface area contributed by atoms with Gasteiger partial charge in [0.2, 0.25) is 5.91 Å². The first-order valence-electron chi connectivity index (χ1n) is 16.5. The minimum atomic E-state index is -4.64. The van der Waals surface area contributed by atoms with Crippen LogP contribution in [0.1, 0.15) is 49.4 Å². The molecule has 1 aliphatic heterocycles. The van der Waals surface area contributed by atoms with Crippen molar-refractivity contribution in [1.29, 1.82) is 0 Å². The molecule has 14 heteroatoms. The number of carbonyl (C=O) groups is 4. The summed E-state index contributed by atoms with van der Waals surface area (Å²) in [6.07, 6.45) is -2.19. The molecule has 272 valence electrons. The van der Waals surface area contributed by atoms with Gasteiger partial charge in [0.05, 0.1) is 12.2 Å². The monoisotopic (exact) mass is 720 g/mol. The topological polar surface area (TPSA) is 149 Å². The smallest absolute Gasteiger partial charge is 0.422 e. The fourth-order valence-electron chi connectivity index (χ4n) is 6.35. The Bertz CT molecular complexity index is 1870. The van der Waals surface area contributed by atoms with E-state index in [0.29, 0.717) is 35.1 Å². The van der Waals surface area contributed by atoms with E-state index in [4.69, 9.17) is 19.3 Å². The first-order chi connectivity index (χ1) is 24.9. The van der Waals surface area contributed by atoms with Crippen LogP contribution < -0.4 is 10.6 Å². The molecule has 3 aromatic carbocycles. The molecule has 1 fully saturated rings. The van der Waals surface area contributed by atoms with Crippen molar-refractivity contribution in [3.8, 4) is 0 Å². The van der Waals surface area contributed by atoms with Gasteiger partial charge in [0.25, 0.3) is 5.91 Å². The van der Waals surface area contributed by atoms with Crippen LogP contribution in [0.4, 0.5) is 13.2 Å². The maximum Gasteiger partial charge on any atom is 0.422 e. The Morgan fingerprint density at radius 3 is 2.33 bits per heavy atom. The van der Waals surface area contributed by atoms with Crippen LogP contribution in [-0.2, 0) is 47.9 Å². The van der Waals surface area contributed by atoms with E-state index in [1.165, 1.54) is 30.3 Å². The molecule has 0 saturated carbocycles. The molecule has 3 aromatic rings. The second kappa shape index (κ2) is 15.5. The Morgan fingerprint density at radius 2 is 1.63 bits per heavy atom. The van der Waals surface area contributed by atoms with E-state index in [2.05, 4.69) is 15.4 Å². The highest BCUT2D eigenvalue weighted by Crippen LogP contribution is 2.45. The van der Waals surface area contributed by atoms with E-state index in [1.54, 1.807) is 30.3 Å². The number of fused-ring (bicyclic) bond motifs is 2. The lowest BCUT2D eigenvalue weighted by molar-refractivity contribution is -0.182. The van der Waals surface area contributed by atoms with Crippen LogP contribution in [0, 0.1) is 0 Å². The van der Waals surface area contributed by atoms with Crippen molar-refractivity contribution >= 4 is 29.8 Å². The van der Waals surface area contributed by atoms with E-state index in [-0.39, 0.29) is 37.6 Å². The summed E-state index contributed by atoms with van der Waals surface area (Å²) in [5.41, 5.74) is 4.09. The zero-order chi connectivity index (χ0) is 36.9. The van der Waals surface area contributed by atoms with Crippen molar-refractivity contribution in [3.05, 3.63) is 124 Å². The summed E-state index contributed by atoms with van der Waals surface area (Å²) in [6, 6.07) is 20.4. The van der Waals surface area contributed by atoms with Gasteiger partial charge in [0.1, 0.15) is 18.3 Å². The van der Waals surface area contributed by atoms with Crippen LogP contribution in [0.25, 0.3) is 6.08 Å². The van der Waals surface area contributed by atoms with Crippen molar-refractivity contribution in [2.45, 2.75) is 56.1 Å². The molecule has 3 N–H and O–H groups in total. The zero-order valence-electron chi connectivity index (χ0n) is 27.7. The first-order valence-corrected chi connectivity index (χ1v) is 16.5. The second-order valence-electron chi connectivity index (χ2n) is 12.6. The minimum absolute atomic E-state index is 0.0234. The number of hydrogen-bond donors (Lipinski definition) is 3. The predicted octanol–water partition coefficient (Wildman–Crippen LogP) is 3.98. The van der Waals surface area contributed by atoms with Gasteiger partial charge in [-0.25, -0.2) is 9.59 Å². The first kappa shape index (κ1) is 36.5. The molecule has 1 spiro atoms. The average molecular weight is 721 g/mol. The molecule has 0 bridgehead atoms. The largest absolute Gasteiger partial charge is 0.456 e. The Balaban J connectivity index is 1.15. The van der Waals surface area contributed by atoms with E-state index >= 15 is 0 Å². The van der Waals surface area contributed by atoms with Crippen molar-refractivity contribution in [1.82, 2.24) is 10.6 Å². The summed E-state index contributed by atoms with van der Waals surface area (Å²) in [7, 11) is 0. The van der Waals surface area contributed by atoms with E-state index in [1.807, 2.05) is 24.3 Å². The van der Waals surface area contributed by atoms with Gasteiger partial charge in [-0.3, -0.25) is 9.59 Å². The van der Waals surface area contributed by atoms with Crippen molar-refractivity contribution in [2.75, 3.05) is 19.8 Å². The number of amides is 2. The summed E-state index contributed by atoms with van der Waals surface area (Å²) >= 11 is 0. The van der Waals surface area contributed by atoms with Gasteiger partial charge in [0, 0.05) is 49.6 Å². The molecular weight excluding hydrogens is 685 g/mol. The third-order valence-corrected chi connectivity index (χ3v) is 8.74. The molecule has 1 saturated heterocycles. The maximum absolute atomic E-state index is 13.5. The number of aliphatic hydroxyl groups is 1. The highest BCUT2D eigenvalue weighted by atomic mass is 19.4. The third kappa shape index (κ3) is 8.94. The fraction of sp³-hybridized carbons (Fsp3) is 0.316. The summed E-state index contributed by atoms with van der Waals surface area (Å²) in [6.45, 7) is -1.68. The van der Waals surface area contributed by atoms with Gasteiger partial charge < -0.3 is 34.7 Å². The van der Waals surface area contributed by atoms with E-state index in [0.717, 1.165) is 17.2 Å². The predicted molar refractivity (Wildman–Crippen MR) is 178 cm³/mol. The summed E-state index contributed by atoms with van der Waals surface area (Å²) in [5.74, 6) is -3.65. The third-order valence-electron chi connectivity index (χ3n) is 8.74. The number of halogens is 3. The van der Waals surface area contributed by atoms with E-state index < -0.39 is 54.7 Å². The lowest BCUT2D eigenvalue weighted by Gasteiger charge is -2.30. The van der Waals surface area contributed by atoms with Crippen LogP contribution >= 0.6 is 0 Å². The number of rotatable bonds is 11. The van der Waals surface area contributed by atoms with Gasteiger partial charge in [-0.1, -0.05) is 48.5 Å². The summed E-state index contributed by atoms with van der Waals surface area (Å²) in [5, 5.41) is 14.4. The molecule has 0 unspecified atom stereocenters. The van der Waals surface area contributed by atoms with Crippen LogP contribution in [-0.4, -0.2) is 78.9 Å². The molecule has 1 heterocycles. The molecule has 0 aromatic heterocycles. The SMILES string of the molecule is O=C(C=Cc1ccc(C(=O)O[C@@H]2CC(C(=O)NCc3cccc(C(=O)NCCO)c3)=C[C@H]3OC4(Cc5ccccc5C4)O[C@H]32)cc1)OCC(F)(F)F. The Hall–Kier alpha value is -5.31. The lowest BCUT2D eigenvalue weighted by atomic mass is 9.91. The molecule has 2 aliphatic carbocycles. The van der Waals surface area contributed by atoms with Crippen LogP contribution in [0.3, 0.4) is 0 Å². The molecule has 11 nitrogen and oxygen atoms in total. The van der Waals surface area contributed by atoms with Gasteiger partial charge in [-0.2, -0.15) is 13.2 Å². The summed E-state index contributed by atoms with van der Waals surface area (Å²) < 4.78 is 60.0. The molecular formula is C38H35F3N2O9. The number of esters is 2. The zero-order valence-corrected chi connectivity index (χ0v) is 27.7. The lowest BCUT2D eigenvalue weighted by Crippen LogP contribution is -2.43. The van der Waals surface area contributed by atoms with Crippen molar-refractivity contribution in [2.24, 2.45) is 0 Å². The molecule has 2 amide bonds. The molecule has 6 rings (SSSR count). The van der Waals surface area contributed by atoms with Crippen molar-refractivity contribution in [3.63, 3.8) is 0 Å². The highest BCUT2D eigenvalue weighted by Gasteiger charge is 2.55. The number of benzene rings is 3. The van der Waals surface area contributed by atoms with Gasteiger partial charge in [-0.15, -0.1) is 0 Å². The number of alkyl halides is 3. The summed E-state index contributed by atoms with van der Waals surface area (Å²) in [4.78, 5) is 50.9. The van der Waals surface area contributed by atoms with Crippen molar-refractivity contribution < 1.29 is 56.4 Å². The van der Waals surface area contributed by atoms with Crippen LogP contribution in [0.5, 0.6) is 0 Å². The number of nitrogens with one attached hydrogen (secondary N) is 2. The number of aliphatic hydroxyl groups excluding tert-OH is 1. The van der Waals surface area contributed by atoms with Gasteiger partial charge in [0.15, 0.2) is 12.4 Å². The minimum Gasteiger partial charge on any atom is -0.456 e. The number of carbonyl (C=O) groups excluding carboxylic acids is 4. The normalized spacial score (nSPS) is 20.2. The Labute approximate surface area is 296 Å². The number of ether oxygens (including phenoxy) is 4. The average Bonchev–Trinajstić information content (AvgIpc) is 3.69. The quantitative estimate of drug-likeness (QED) is 0.198. The fourth-order valence-corrected chi connectivity index (χ4v) is 6.35. The molecule has 0 radical (unpaired) electrons. The molecule has 3 aliphatic rings. The van der Waals surface area contributed by atoms with Crippen LogP contribution in [0.2, 0.25) is 0 Å². The highest BCUT2D eigenvalue weighted by molar-refractivity contribution is 5.95. The maximum atomic E-state index is 13.5. The van der Waals surface area contributed by atoms with Gasteiger partial charge in [-0.05, 0) is 58.7 Å². The Kier molecular flexibility index (Phi) is 10.9. The second-order valence-corrected chi connectivity index (χ2v) is 12.6. The standard InChI is InChI=1S/C38H35F3N2O9/c39-38(40,41)22-49-32(45)13-10-23-8-11-25(12-9-23)36(48)50-30-17-29(35(47)43-21-24-4-3-7-26(16-24)34(46)42-14-15-44)18-31-33(30)52-37(51-31)19-27-5-1-2-6-28(27)20-37/h1-13,16,18,30-31,33,44H,14-15,17,19-22H2,(H,42,46)(H,43,47)/t30-,31-,33+/m1/s1.